The first-order valence-electron chi connectivity index (χ1n) is 14.0. The number of terminal acetylenes is 1. The minimum Gasteiger partial charge on any atom is -0.508 e. The number of alkyl carbamates (subject to hydrolysis) is 1. The van der Waals surface area contributed by atoms with Crippen LogP contribution in [0, 0.1) is 12.3 Å². The van der Waals surface area contributed by atoms with Crippen molar-refractivity contribution in [2.24, 2.45) is 0 Å². The fraction of sp³-hybridized carbons (Fsp3) is 0.438. The number of hydrogen-bond donors (Lipinski definition) is 3. The molecule has 10 nitrogen and oxygen atoms in total. The highest BCUT2D eigenvalue weighted by molar-refractivity contribution is 5.93. The van der Waals surface area contributed by atoms with E-state index < -0.39 is 41.6 Å². The largest absolute Gasteiger partial charge is 0.508 e. The molecular formula is C32H41N3O7. The minimum atomic E-state index is -1.16. The Kier molecular flexibility index (Phi) is 12.9. The Morgan fingerprint density at radius 1 is 1.05 bits per heavy atom. The topological polar surface area (TPSA) is 134 Å². The molecule has 0 aliphatic rings. The number of amides is 3. The van der Waals surface area contributed by atoms with Gasteiger partial charge in [0, 0.05) is 25.1 Å². The molecule has 2 aromatic rings. The van der Waals surface area contributed by atoms with Gasteiger partial charge in [0.2, 0.25) is 11.8 Å². The van der Waals surface area contributed by atoms with Crippen LogP contribution in [0.5, 0.6) is 5.75 Å². The van der Waals surface area contributed by atoms with Crippen molar-refractivity contribution in [3.8, 4) is 18.1 Å². The van der Waals surface area contributed by atoms with Crippen molar-refractivity contribution >= 4 is 23.9 Å². The van der Waals surface area contributed by atoms with Gasteiger partial charge in [0.25, 0.3) is 0 Å². The van der Waals surface area contributed by atoms with Gasteiger partial charge in [-0.2, -0.15) is 0 Å². The molecular weight excluding hydrogens is 538 g/mol. The lowest BCUT2D eigenvalue weighted by Gasteiger charge is -2.35. The number of phenolic OH excluding ortho intramolecular Hbond substituents is 1. The Hall–Kier alpha value is -4.52. The van der Waals surface area contributed by atoms with E-state index in [1.807, 2.05) is 6.92 Å². The minimum absolute atomic E-state index is 0.00631. The molecule has 3 amide bonds. The normalized spacial score (nSPS) is 12.3. The van der Waals surface area contributed by atoms with Crippen LogP contribution in [0.15, 0.2) is 48.5 Å². The molecule has 0 heterocycles. The van der Waals surface area contributed by atoms with Crippen LogP contribution in [-0.4, -0.2) is 65.2 Å². The number of nitrogens with one attached hydrogen (secondary N) is 2. The zero-order valence-electron chi connectivity index (χ0n) is 24.9. The van der Waals surface area contributed by atoms with Crippen LogP contribution in [0.3, 0.4) is 0 Å². The van der Waals surface area contributed by atoms with Crippen molar-refractivity contribution in [1.29, 1.82) is 0 Å². The van der Waals surface area contributed by atoms with Gasteiger partial charge in [-0.05, 0) is 63.4 Å². The summed E-state index contributed by atoms with van der Waals surface area (Å²) < 4.78 is 10.4. The quantitative estimate of drug-likeness (QED) is 0.242. The van der Waals surface area contributed by atoms with Crippen LogP contribution in [0.2, 0.25) is 0 Å². The molecule has 226 valence electrons. The van der Waals surface area contributed by atoms with Crippen molar-refractivity contribution in [3.05, 3.63) is 65.2 Å². The van der Waals surface area contributed by atoms with Crippen molar-refractivity contribution in [2.75, 3.05) is 19.7 Å². The summed E-state index contributed by atoms with van der Waals surface area (Å²) in [6.45, 7) is 9.05. The third-order valence-corrected chi connectivity index (χ3v) is 6.02. The summed E-state index contributed by atoms with van der Waals surface area (Å²) in [5.41, 5.74) is 0.702. The van der Waals surface area contributed by atoms with Gasteiger partial charge in [-0.3, -0.25) is 14.4 Å². The summed E-state index contributed by atoms with van der Waals surface area (Å²) in [7, 11) is 0. The molecule has 0 fully saturated rings. The van der Waals surface area contributed by atoms with E-state index in [0.29, 0.717) is 23.1 Å². The van der Waals surface area contributed by atoms with E-state index in [4.69, 9.17) is 15.9 Å². The molecule has 3 N–H and O–H groups in total. The predicted molar refractivity (Wildman–Crippen MR) is 158 cm³/mol. The van der Waals surface area contributed by atoms with Gasteiger partial charge in [-0.1, -0.05) is 43.2 Å². The summed E-state index contributed by atoms with van der Waals surface area (Å²) in [6, 6.07) is 10.8. The number of esters is 1. The average molecular weight is 580 g/mol. The van der Waals surface area contributed by atoms with E-state index in [9.17, 15) is 24.3 Å². The van der Waals surface area contributed by atoms with E-state index >= 15 is 0 Å². The SMILES string of the molecule is C#Cc1ccccc1C(C(=O)NCCC(=O)OCC)N(CCC)C(=O)C(Cc1ccc(O)cc1)NC(=O)OC(C)(C)C. The van der Waals surface area contributed by atoms with E-state index in [1.165, 1.54) is 17.0 Å². The lowest BCUT2D eigenvalue weighted by molar-refractivity contribution is -0.144. The molecule has 0 saturated carbocycles. The number of phenols is 1. The Bertz CT molecular complexity index is 1260. The molecule has 2 unspecified atom stereocenters. The molecule has 10 heteroatoms. The first-order valence-corrected chi connectivity index (χ1v) is 14.0. The van der Waals surface area contributed by atoms with E-state index in [0.717, 1.165) is 0 Å². The zero-order chi connectivity index (χ0) is 31.3. The molecule has 0 radical (unpaired) electrons. The van der Waals surface area contributed by atoms with Crippen LogP contribution in [-0.2, 0) is 30.3 Å². The highest BCUT2D eigenvalue weighted by atomic mass is 16.6. The van der Waals surface area contributed by atoms with Crippen molar-refractivity contribution < 1.29 is 33.8 Å². The highest BCUT2D eigenvalue weighted by Crippen LogP contribution is 2.27. The summed E-state index contributed by atoms with van der Waals surface area (Å²) in [4.78, 5) is 54.1. The Balaban J connectivity index is 2.52. The number of aromatic hydroxyl groups is 1. The lowest BCUT2D eigenvalue weighted by atomic mass is 9.96. The van der Waals surface area contributed by atoms with Gasteiger partial charge in [0.1, 0.15) is 23.4 Å². The molecule has 0 aliphatic carbocycles. The van der Waals surface area contributed by atoms with Gasteiger partial charge in [0.15, 0.2) is 0 Å². The van der Waals surface area contributed by atoms with E-state index in [-0.39, 0.29) is 38.3 Å². The van der Waals surface area contributed by atoms with E-state index in [2.05, 4.69) is 16.6 Å². The maximum absolute atomic E-state index is 14.3. The van der Waals surface area contributed by atoms with Crippen LogP contribution in [0.25, 0.3) is 0 Å². The molecule has 0 aromatic heterocycles. The van der Waals surface area contributed by atoms with Crippen LogP contribution < -0.4 is 10.6 Å². The maximum Gasteiger partial charge on any atom is 0.408 e. The Morgan fingerprint density at radius 2 is 1.71 bits per heavy atom. The third kappa shape index (κ3) is 10.5. The molecule has 0 bridgehead atoms. The monoisotopic (exact) mass is 579 g/mol. The molecule has 0 saturated heterocycles. The molecule has 0 spiro atoms. The third-order valence-electron chi connectivity index (χ3n) is 6.02. The number of nitrogens with zero attached hydrogens (tertiary/aromatic N) is 1. The molecule has 42 heavy (non-hydrogen) atoms. The fourth-order valence-corrected chi connectivity index (χ4v) is 4.26. The number of rotatable bonds is 13. The number of carbonyl (C=O) groups is 4. The summed E-state index contributed by atoms with van der Waals surface area (Å²) >= 11 is 0. The van der Waals surface area contributed by atoms with Crippen LogP contribution >= 0.6 is 0 Å². The Morgan fingerprint density at radius 3 is 2.31 bits per heavy atom. The van der Waals surface area contributed by atoms with E-state index in [1.54, 1.807) is 64.1 Å². The molecule has 2 atom stereocenters. The summed E-state index contributed by atoms with van der Waals surface area (Å²) in [6.07, 6.45) is 5.48. The number of carbonyl (C=O) groups excluding carboxylic acids is 4. The number of benzene rings is 2. The van der Waals surface area contributed by atoms with Gasteiger partial charge in [-0.25, -0.2) is 4.79 Å². The van der Waals surface area contributed by atoms with Crippen molar-refractivity contribution in [2.45, 2.75) is 71.6 Å². The van der Waals surface area contributed by atoms with Gasteiger partial charge in [-0.15, -0.1) is 6.42 Å². The average Bonchev–Trinajstić information content (AvgIpc) is 2.92. The second-order valence-electron chi connectivity index (χ2n) is 10.6. The van der Waals surface area contributed by atoms with Crippen molar-refractivity contribution in [1.82, 2.24) is 15.5 Å². The molecule has 0 aliphatic heterocycles. The molecule has 2 rings (SSSR count). The maximum atomic E-state index is 14.3. The van der Waals surface area contributed by atoms with Crippen molar-refractivity contribution in [3.63, 3.8) is 0 Å². The number of ether oxygens (including phenoxy) is 2. The first kappa shape index (κ1) is 33.7. The smallest absolute Gasteiger partial charge is 0.408 e. The fourth-order valence-electron chi connectivity index (χ4n) is 4.26. The highest BCUT2D eigenvalue weighted by Gasteiger charge is 2.37. The summed E-state index contributed by atoms with van der Waals surface area (Å²) in [5.74, 6) is 1.11. The van der Waals surface area contributed by atoms with Gasteiger partial charge < -0.3 is 30.1 Å². The second-order valence-corrected chi connectivity index (χ2v) is 10.6. The Labute approximate surface area is 247 Å². The predicted octanol–water partition coefficient (Wildman–Crippen LogP) is 3.86. The standard InChI is InChI=1S/C32H41N3O7/c1-7-20-35(28(25-13-11-10-12-23(25)8-2)29(38)33-19-18-27(37)41-9-3)30(39)26(34-31(40)42-32(4,5)6)21-22-14-16-24(36)17-15-22/h2,10-17,26,28,36H,7,9,18-21H2,1,3-6H3,(H,33,38)(H,34,40). The summed E-state index contributed by atoms with van der Waals surface area (Å²) in [5, 5.41) is 15.1. The van der Waals surface area contributed by atoms with Gasteiger partial charge >= 0.3 is 12.1 Å². The number of hydrogen-bond acceptors (Lipinski definition) is 7. The van der Waals surface area contributed by atoms with Crippen LogP contribution in [0.4, 0.5) is 4.79 Å². The molecule has 2 aromatic carbocycles. The first-order chi connectivity index (χ1) is 19.9. The van der Waals surface area contributed by atoms with Gasteiger partial charge in [0.05, 0.1) is 13.0 Å². The zero-order valence-corrected chi connectivity index (χ0v) is 24.9. The van der Waals surface area contributed by atoms with Crippen LogP contribution in [0.1, 0.15) is 70.2 Å². The lowest BCUT2D eigenvalue weighted by Crippen LogP contribution is -2.54. The second kappa shape index (κ2) is 16.1.